The van der Waals surface area contributed by atoms with Gasteiger partial charge in [-0.15, -0.1) is 5.11 Å². The Hall–Kier alpha value is -3.76. The highest BCUT2D eigenvalue weighted by atomic mass is 32.2. The molecule has 0 aliphatic carbocycles. The number of azo groups is 1. The highest BCUT2D eigenvalue weighted by Gasteiger charge is 2.25. The Kier molecular flexibility index (Phi) is 6.88. The third-order valence-electron chi connectivity index (χ3n) is 5.47. The maximum atomic E-state index is 12.1. The molecule has 40 heavy (non-hydrogen) atoms. The fourth-order valence-corrected chi connectivity index (χ4v) is 6.48. The molecule has 16 nitrogen and oxygen atoms in total. The lowest BCUT2D eigenvalue weighted by Gasteiger charge is -2.12. The molecular formula is C20H15N3O13S4. The van der Waals surface area contributed by atoms with Gasteiger partial charge < -0.3 is 10.8 Å². The van der Waals surface area contributed by atoms with E-state index in [1.165, 1.54) is 0 Å². The Bertz CT molecular complexity index is 2230. The van der Waals surface area contributed by atoms with Crippen molar-refractivity contribution in [3.63, 3.8) is 0 Å². The quantitative estimate of drug-likeness (QED) is 0.101. The number of fused-ring (bicyclic) bond motifs is 2. The van der Waals surface area contributed by atoms with Gasteiger partial charge in [0.15, 0.2) is 0 Å². The Labute approximate surface area is 225 Å². The molecule has 0 bridgehead atoms. The number of nitrogens with two attached hydrogens (primary N) is 1. The van der Waals surface area contributed by atoms with Gasteiger partial charge in [-0.05, 0) is 35.7 Å². The van der Waals surface area contributed by atoms with E-state index >= 15 is 0 Å². The molecule has 0 fully saturated rings. The van der Waals surface area contributed by atoms with Gasteiger partial charge in [0.25, 0.3) is 40.5 Å². The zero-order valence-corrected chi connectivity index (χ0v) is 22.5. The van der Waals surface area contributed by atoms with Gasteiger partial charge in [-0.1, -0.05) is 12.1 Å². The van der Waals surface area contributed by atoms with Crippen molar-refractivity contribution in [3.8, 4) is 5.75 Å². The summed E-state index contributed by atoms with van der Waals surface area (Å²) in [5.41, 5.74) is 3.97. The van der Waals surface area contributed by atoms with E-state index in [4.69, 9.17) is 5.73 Å². The van der Waals surface area contributed by atoms with Crippen LogP contribution in [0.1, 0.15) is 0 Å². The molecule has 212 valence electrons. The number of phenols is 1. The summed E-state index contributed by atoms with van der Waals surface area (Å²) in [6.45, 7) is 0. The van der Waals surface area contributed by atoms with Crippen molar-refractivity contribution in [1.29, 1.82) is 0 Å². The van der Waals surface area contributed by atoms with Crippen molar-refractivity contribution >= 4 is 79.1 Å². The van der Waals surface area contributed by atoms with Crippen LogP contribution in [-0.4, -0.2) is 57.0 Å². The van der Waals surface area contributed by atoms with Gasteiger partial charge >= 0.3 is 0 Å². The molecule has 7 N–H and O–H groups in total. The summed E-state index contributed by atoms with van der Waals surface area (Å²) < 4.78 is 133. The van der Waals surface area contributed by atoms with E-state index in [0.29, 0.717) is 12.1 Å². The van der Waals surface area contributed by atoms with Crippen LogP contribution in [0.25, 0.3) is 21.5 Å². The minimum Gasteiger partial charge on any atom is -0.507 e. The van der Waals surface area contributed by atoms with Crippen LogP contribution >= 0.6 is 0 Å². The molecule has 0 atom stereocenters. The Morgan fingerprint density at radius 3 is 1.77 bits per heavy atom. The first kappa shape index (κ1) is 29.2. The third-order valence-corrected chi connectivity index (χ3v) is 8.97. The van der Waals surface area contributed by atoms with Crippen LogP contribution in [0.3, 0.4) is 0 Å². The maximum Gasteiger partial charge on any atom is 0.296 e. The topological polar surface area (TPSA) is 288 Å². The normalized spacial score (nSPS) is 13.4. The largest absolute Gasteiger partial charge is 0.507 e. The van der Waals surface area contributed by atoms with Gasteiger partial charge in [0.1, 0.15) is 26.1 Å². The van der Waals surface area contributed by atoms with Crippen LogP contribution in [0.4, 0.5) is 17.1 Å². The molecule has 0 unspecified atom stereocenters. The van der Waals surface area contributed by atoms with E-state index in [1.54, 1.807) is 0 Å². The molecule has 0 amide bonds. The number of benzene rings is 4. The standard InChI is InChI=1S/C20H15N3O13S4/c21-19-18-9(4-11(8-14(18)24)37(25,26)27)5-17(40(34,35)36)20(19)23-22-10-6-13-12(16(7-10)39(31,32)33)2-1-3-15(13)38(28,29)30/h1-8,24H,21H2,(H,25,26,27)(H,28,29,30)(H,31,32,33)(H,34,35,36). The zero-order chi connectivity index (χ0) is 30.0. The van der Waals surface area contributed by atoms with Crippen LogP contribution in [0.5, 0.6) is 5.75 Å². The fraction of sp³-hybridized carbons (Fsp3) is 0. The Morgan fingerprint density at radius 2 is 1.23 bits per heavy atom. The summed E-state index contributed by atoms with van der Waals surface area (Å²) in [7, 11) is -20.0. The zero-order valence-electron chi connectivity index (χ0n) is 19.2. The molecule has 0 saturated carbocycles. The maximum absolute atomic E-state index is 12.1. The highest BCUT2D eigenvalue weighted by Crippen LogP contribution is 2.43. The average molecular weight is 634 g/mol. The van der Waals surface area contributed by atoms with Crippen LogP contribution in [0.15, 0.2) is 78.3 Å². The molecule has 0 aromatic heterocycles. The molecule has 0 aliphatic heterocycles. The predicted molar refractivity (Wildman–Crippen MR) is 137 cm³/mol. The smallest absolute Gasteiger partial charge is 0.296 e. The number of hydrogen-bond donors (Lipinski definition) is 6. The molecular weight excluding hydrogens is 618 g/mol. The number of phenolic OH excluding ortho intramolecular Hbond substituents is 1. The van der Waals surface area contributed by atoms with E-state index in [2.05, 4.69) is 10.2 Å². The van der Waals surface area contributed by atoms with Gasteiger partial charge in [0.05, 0.1) is 16.3 Å². The Morgan fingerprint density at radius 1 is 0.625 bits per heavy atom. The van der Waals surface area contributed by atoms with Crippen LogP contribution in [0, 0.1) is 0 Å². The monoisotopic (exact) mass is 633 g/mol. The fourth-order valence-electron chi connectivity index (χ4n) is 3.85. The molecule has 4 rings (SSSR count). The minimum atomic E-state index is -5.18. The van der Waals surface area contributed by atoms with Gasteiger partial charge in [-0.3, -0.25) is 18.2 Å². The van der Waals surface area contributed by atoms with Crippen molar-refractivity contribution in [2.75, 3.05) is 5.73 Å². The lowest BCUT2D eigenvalue weighted by molar-refractivity contribution is 0.471. The van der Waals surface area contributed by atoms with E-state index in [0.717, 1.165) is 36.4 Å². The molecule has 4 aromatic rings. The van der Waals surface area contributed by atoms with E-state index in [9.17, 15) is 57.0 Å². The number of nitrogen functional groups attached to an aromatic ring is 1. The lowest BCUT2D eigenvalue weighted by Crippen LogP contribution is -2.03. The number of aromatic hydroxyl groups is 1. The molecule has 0 spiro atoms. The summed E-state index contributed by atoms with van der Waals surface area (Å²) in [5.74, 6) is -0.849. The van der Waals surface area contributed by atoms with E-state index in [-0.39, 0.29) is 16.2 Å². The van der Waals surface area contributed by atoms with Crippen molar-refractivity contribution in [2.45, 2.75) is 19.6 Å². The first-order chi connectivity index (χ1) is 18.2. The van der Waals surface area contributed by atoms with E-state index in [1.807, 2.05) is 0 Å². The second-order valence-electron chi connectivity index (χ2n) is 8.07. The van der Waals surface area contributed by atoms with Crippen LogP contribution in [0.2, 0.25) is 0 Å². The number of nitrogens with zero attached hydrogens (tertiary/aromatic N) is 2. The summed E-state index contributed by atoms with van der Waals surface area (Å²) in [6.07, 6.45) is 0. The minimum absolute atomic E-state index is 0.333. The summed E-state index contributed by atoms with van der Waals surface area (Å²) in [5, 5.41) is 16.1. The second-order valence-corrected chi connectivity index (χ2v) is 13.7. The second kappa shape index (κ2) is 9.42. The van der Waals surface area contributed by atoms with Crippen LogP contribution < -0.4 is 5.73 Å². The summed E-state index contributed by atoms with van der Waals surface area (Å²) >= 11 is 0. The molecule has 0 aliphatic rings. The SMILES string of the molecule is Nc1c(N=Nc2cc(S(=O)(=O)O)c3cccc(S(=O)(=O)O)c3c2)c(S(=O)(=O)O)cc2cc(S(=O)(=O)O)cc(O)c12. The van der Waals surface area contributed by atoms with Gasteiger partial charge in [-0.2, -0.15) is 38.8 Å². The van der Waals surface area contributed by atoms with Crippen molar-refractivity contribution in [3.05, 3.63) is 48.5 Å². The molecule has 0 saturated heterocycles. The van der Waals surface area contributed by atoms with Gasteiger partial charge in [-0.25, -0.2) is 0 Å². The molecule has 4 aromatic carbocycles. The predicted octanol–water partition coefficient (Wildman–Crippen LogP) is 2.68. The van der Waals surface area contributed by atoms with Gasteiger partial charge in [0, 0.05) is 22.2 Å². The first-order valence-corrected chi connectivity index (χ1v) is 15.9. The molecule has 0 heterocycles. The van der Waals surface area contributed by atoms with Crippen LogP contribution in [-0.2, 0) is 40.5 Å². The summed E-state index contributed by atoms with van der Waals surface area (Å²) in [6, 6.07) is 6.80. The average Bonchev–Trinajstić information content (AvgIpc) is 2.79. The van der Waals surface area contributed by atoms with Crippen molar-refractivity contribution in [2.24, 2.45) is 10.2 Å². The number of hydrogen-bond acceptors (Lipinski definition) is 12. The first-order valence-electron chi connectivity index (χ1n) is 10.2. The number of anilines is 1. The summed E-state index contributed by atoms with van der Waals surface area (Å²) in [4.78, 5) is -3.52. The van der Waals surface area contributed by atoms with Gasteiger partial charge in [0.2, 0.25) is 0 Å². The molecule has 20 heteroatoms. The van der Waals surface area contributed by atoms with E-state index < -0.39 is 88.3 Å². The lowest BCUT2D eigenvalue weighted by atomic mass is 10.1. The number of rotatable bonds is 6. The Balaban J connectivity index is 2.06. The molecule has 0 radical (unpaired) electrons. The highest BCUT2D eigenvalue weighted by molar-refractivity contribution is 7.87. The third kappa shape index (κ3) is 5.46. The van der Waals surface area contributed by atoms with Crippen molar-refractivity contribution in [1.82, 2.24) is 0 Å². The van der Waals surface area contributed by atoms with Crippen molar-refractivity contribution < 1.29 is 57.0 Å².